The standard InChI is InChI=1S/C26H21ClN2O4S/c1-4-13-33-18-10-8-9-17(14-18)15-21-24(30)29-23(19-11-6-7-12-20(19)27)22(25(31)32-5-2)16(3)28-26(29)34-21/h1,6-12,14-15,23H,5,13H2,2-3H3/b21-15-/t23-/m0/s1. The van der Waals surface area contributed by atoms with Gasteiger partial charge < -0.3 is 9.47 Å². The SMILES string of the molecule is C#CCOc1cccc(/C=c2\sc3n(c2=O)[C@@H](c2ccccc2Cl)C(C(=O)OCC)=C(C)N=3)c1. The van der Waals surface area contributed by atoms with Crippen LogP contribution in [0.15, 0.2) is 69.6 Å². The second kappa shape index (κ2) is 10.1. The predicted octanol–water partition coefficient (Wildman–Crippen LogP) is 3.46. The van der Waals surface area contributed by atoms with Crippen molar-refractivity contribution in [2.45, 2.75) is 19.9 Å². The molecule has 4 rings (SSSR count). The summed E-state index contributed by atoms with van der Waals surface area (Å²) in [5.41, 5.74) is 1.90. The van der Waals surface area contributed by atoms with E-state index in [1.165, 1.54) is 15.9 Å². The van der Waals surface area contributed by atoms with E-state index in [0.29, 0.717) is 36.9 Å². The second-order valence-corrected chi connectivity index (χ2v) is 8.81. The average Bonchev–Trinajstić information content (AvgIpc) is 3.12. The lowest BCUT2D eigenvalue weighted by Crippen LogP contribution is -2.40. The molecule has 2 aromatic carbocycles. The van der Waals surface area contributed by atoms with Crippen molar-refractivity contribution in [1.29, 1.82) is 0 Å². The Morgan fingerprint density at radius 2 is 2.09 bits per heavy atom. The van der Waals surface area contributed by atoms with Crippen LogP contribution < -0.4 is 19.6 Å². The molecule has 8 heteroatoms. The van der Waals surface area contributed by atoms with Crippen molar-refractivity contribution < 1.29 is 14.3 Å². The number of carbonyl (C=O) groups is 1. The van der Waals surface area contributed by atoms with Crippen molar-refractivity contribution in [2.24, 2.45) is 4.99 Å². The van der Waals surface area contributed by atoms with E-state index in [2.05, 4.69) is 10.9 Å². The lowest BCUT2D eigenvalue weighted by molar-refractivity contribution is -0.139. The van der Waals surface area contributed by atoms with Crippen LogP contribution in [0.5, 0.6) is 5.75 Å². The zero-order valence-electron chi connectivity index (χ0n) is 18.6. The number of halogens is 1. The summed E-state index contributed by atoms with van der Waals surface area (Å²) in [6, 6.07) is 13.7. The van der Waals surface area contributed by atoms with Gasteiger partial charge in [0.25, 0.3) is 5.56 Å². The summed E-state index contributed by atoms with van der Waals surface area (Å²) >= 11 is 7.76. The third kappa shape index (κ3) is 4.56. The van der Waals surface area contributed by atoms with Gasteiger partial charge in [-0.1, -0.05) is 59.2 Å². The van der Waals surface area contributed by atoms with Crippen LogP contribution in [-0.4, -0.2) is 23.8 Å². The number of aromatic nitrogens is 1. The number of fused-ring (bicyclic) bond motifs is 1. The normalized spacial score (nSPS) is 15.4. The van der Waals surface area contributed by atoms with Gasteiger partial charge >= 0.3 is 5.97 Å². The van der Waals surface area contributed by atoms with Gasteiger partial charge in [0.1, 0.15) is 18.4 Å². The van der Waals surface area contributed by atoms with Gasteiger partial charge in [-0.3, -0.25) is 9.36 Å². The molecular weight excluding hydrogens is 472 g/mol. The third-order valence-electron chi connectivity index (χ3n) is 5.19. The van der Waals surface area contributed by atoms with E-state index in [1.807, 2.05) is 18.2 Å². The van der Waals surface area contributed by atoms with Gasteiger partial charge in [-0.25, -0.2) is 9.79 Å². The van der Waals surface area contributed by atoms with Gasteiger partial charge in [0.2, 0.25) is 0 Å². The summed E-state index contributed by atoms with van der Waals surface area (Å²) in [5.74, 6) is 2.51. The van der Waals surface area contributed by atoms with Crippen LogP contribution in [0.1, 0.15) is 31.0 Å². The maximum absolute atomic E-state index is 13.6. The van der Waals surface area contributed by atoms with Crippen molar-refractivity contribution in [1.82, 2.24) is 4.57 Å². The smallest absolute Gasteiger partial charge is 0.338 e. The summed E-state index contributed by atoms with van der Waals surface area (Å²) in [6.07, 6.45) is 7.03. The highest BCUT2D eigenvalue weighted by molar-refractivity contribution is 7.07. The molecule has 2 heterocycles. The molecule has 0 aliphatic carbocycles. The number of rotatable bonds is 6. The molecule has 3 aromatic rings. The Balaban J connectivity index is 1.91. The number of carbonyl (C=O) groups excluding carboxylic acids is 1. The van der Waals surface area contributed by atoms with Gasteiger partial charge in [-0.05, 0) is 49.2 Å². The van der Waals surface area contributed by atoms with Crippen LogP contribution in [0.25, 0.3) is 6.08 Å². The van der Waals surface area contributed by atoms with Crippen molar-refractivity contribution in [2.75, 3.05) is 13.2 Å². The van der Waals surface area contributed by atoms with Gasteiger partial charge in [0.15, 0.2) is 4.80 Å². The van der Waals surface area contributed by atoms with E-state index in [-0.39, 0.29) is 18.8 Å². The minimum Gasteiger partial charge on any atom is -0.481 e. The van der Waals surface area contributed by atoms with E-state index < -0.39 is 12.0 Å². The minimum atomic E-state index is -0.753. The van der Waals surface area contributed by atoms with Crippen LogP contribution in [0.2, 0.25) is 5.02 Å². The maximum Gasteiger partial charge on any atom is 0.338 e. The fraction of sp³-hybridized carbons (Fsp3) is 0.192. The molecule has 1 aromatic heterocycles. The molecule has 0 bridgehead atoms. The number of hydrogen-bond donors (Lipinski definition) is 0. The number of terminal acetylenes is 1. The second-order valence-electron chi connectivity index (χ2n) is 7.39. The van der Waals surface area contributed by atoms with Crippen LogP contribution in [0, 0.1) is 12.3 Å². The fourth-order valence-electron chi connectivity index (χ4n) is 3.75. The molecule has 1 atom stereocenters. The number of esters is 1. The summed E-state index contributed by atoms with van der Waals surface area (Å²) in [7, 11) is 0. The lowest BCUT2D eigenvalue weighted by atomic mass is 9.96. The molecule has 0 fully saturated rings. The number of hydrogen-bond acceptors (Lipinski definition) is 6. The number of allylic oxidation sites excluding steroid dienone is 1. The van der Waals surface area contributed by atoms with Crippen LogP contribution in [-0.2, 0) is 9.53 Å². The molecule has 0 saturated carbocycles. The van der Waals surface area contributed by atoms with E-state index in [1.54, 1.807) is 50.3 Å². The Kier molecular flexibility index (Phi) is 7.01. The number of ether oxygens (including phenoxy) is 2. The molecule has 0 saturated heterocycles. The van der Waals surface area contributed by atoms with Crippen molar-refractivity contribution in [3.05, 3.63) is 95.6 Å². The Hall–Kier alpha value is -3.60. The van der Waals surface area contributed by atoms with E-state index in [0.717, 1.165) is 5.56 Å². The first-order chi connectivity index (χ1) is 16.4. The average molecular weight is 493 g/mol. The highest BCUT2D eigenvalue weighted by Gasteiger charge is 2.34. The molecule has 0 radical (unpaired) electrons. The Bertz CT molecular complexity index is 1510. The van der Waals surface area contributed by atoms with E-state index in [9.17, 15) is 9.59 Å². The predicted molar refractivity (Wildman–Crippen MR) is 133 cm³/mol. The zero-order chi connectivity index (χ0) is 24.2. The first-order valence-electron chi connectivity index (χ1n) is 10.5. The summed E-state index contributed by atoms with van der Waals surface area (Å²) in [5, 5.41) is 0.442. The Morgan fingerprint density at radius 1 is 1.29 bits per heavy atom. The highest BCUT2D eigenvalue weighted by atomic mass is 35.5. The van der Waals surface area contributed by atoms with Crippen molar-refractivity contribution in [3.63, 3.8) is 0 Å². The fourth-order valence-corrected chi connectivity index (χ4v) is 5.04. The third-order valence-corrected chi connectivity index (χ3v) is 6.52. The topological polar surface area (TPSA) is 69.9 Å². The van der Waals surface area contributed by atoms with Gasteiger partial charge in [0.05, 0.1) is 22.4 Å². The van der Waals surface area contributed by atoms with Gasteiger partial charge in [-0.2, -0.15) is 0 Å². The molecule has 1 aliphatic heterocycles. The number of nitrogens with zero attached hydrogens (tertiary/aromatic N) is 2. The molecule has 0 amide bonds. The molecule has 0 unspecified atom stereocenters. The van der Waals surface area contributed by atoms with Crippen LogP contribution in [0.4, 0.5) is 0 Å². The molecule has 6 nitrogen and oxygen atoms in total. The molecule has 0 N–H and O–H groups in total. The Morgan fingerprint density at radius 3 is 2.82 bits per heavy atom. The number of thiazole rings is 1. The number of benzene rings is 2. The lowest BCUT2D eigenvalue weighted by Gasteiger charge is -2.25. The minimum absolute atomic E-state index is 0.152. The first-order valence-corrected chi connectivity index (χ1v) is 11.7. The Labute approximate surface area is 205 Å². The van der Waals surface area contributed by atoms with E-state index in [4.69, 9.17) is 27.5 Å². The van der Waals surface area contributed by atoms with Crippen LogP contribution in [0.3, 0.4) is 0 Å². The molecule has 0 spiro atoms. The molecule has 172 valence electrons. The van der Waals surface area contributed by atoms with E-state index >= 15 is 0 Å². The van der Waals surface area contributed by atoms with Crippen molar-refractivity contribution >= 4 is 35.0 Å². The largest absolute Gasteiger partial charge is 0.481 e. The zero-order valence-corrected chi connectivity index (χ0v) is 20.2. The van der Waals surface area contributed by atoms with Crippen LogP contribution >= 0.6 is 22.9 Å². The highest BCUT2D eigenvalue weighted by Crippen LogP contribution is 2.34. The molecular formula is C26H21ClN2O4S. The quantitative estimate of drug-likeness (QED) is 0.390. The molecule has 34 heavy (non-hydrogen) atoms. The first kappa shape index (κ1) is 23.6. The molecule has 1 aliphatic rings. The summed E-state index contributed by atoms with van der Waals surface area (Å²) in [6.45, 7) is 3.82. The maximum atomic E-state index is 13.6. The summed E-state index contributed by atoms with van der Waals surface area (Å²) in [4.78, 5) is 31.6. The van der Waals surface area contributed by atoms with Crippen molar-refractivity contribution in [3.8, 4) is 18.1 Å². The monoisotopic (exact) mass is 492 g/mol. The van der Waals surface area contributed by atoms with Gasteiger partial charge in [0, 0.05) is 5.02 Å². The summed E-state index contributed by atoms with van der Waals surface area (Å²) < 4.78 is 12.8. The van der Waals surface area contributed by atoms with Gasteiger partial charge in [-0.15, -0.1) is 6.42 Å².